The van der Waals surface area contributed by atoms with Crippen LogP contribution in [0.15, 0.2) is 18.2 Å². The summed E-state index contributed by atoms with van der Waals surface area (Å²) in [5.74, 6) is 0.660. The average molecular weight is 280 g/mol. The lowest BCUT2D eigenvalue weighted by molar-refractivity contribution is -0.121. The van der Waals surface area contributed by atoms with Gasteiger partial charge in [0.05, 0.1) is 11.3 Å². The summed E-state index contributed by atoms with van der Waals surface area (Å²) in [6.45, 7) is 0. The number of nitrogens with two attached hydrogens (primary N) is 1. The third-order valence-electron chi connectivity index (χ3n) is 3.22. The van der Waals surface area contributed by atoms with Gasteiger partial charge < -0.3 is 15.7 Å². The number of hydrogen-bond donors (Lipinski definition) is 2. The molecule has 1 saturated heterocycles. The lowest BCUT2D eigenvalue weighted by atomic mass is 10.1. The van der Waals surface area contributed by atoms with Gasteiger partial charge in [0.2, 0.25) is 5.91 Å². The van der Waals surface area contributed by atoms with Gasteiger partial charge in [-0.25, -0.2) is 4.79 Å². The summed E-state index contributed by atoms with van der Waals surface area (Å²) in [6.07, 6.45) is 0.852. The van der Waals surface area contributed by atoms with Crippen molar-refractivity contribution in [2.75, 3.05) is 29.2 Å². The molecule has 1 fully saturated rings. The van der Waals surface area contributed by atoms with Gasteiger partial charge in [-0.3, -0.25) is 4.79 Å². The van der Waals surface area contributed by atoms with Crippen molar-refractivity contribution >= 4 is 35.0 Å². The number of hydrogen-bond acceptors (Lipinski definition) is 4. The fourth-order valence-corrected chi connectivity index (χ4v) is 3.35. The summed E-state index contributed by atoms with van der Waals surface area (Å²) in [5.41, 5.74) is 6.42. The summed E-state index contributed by atoms with van der Waals surface area (Å²) < 4.78 is 0. The van der Waals surface area contributed by atoms with E-state index in [2.05, 4.69) is 0 Å². The van der Waals surface area contributed by atoms with E-state index in [4.69, 9.17) is 5.73 Å². The molecule has 1 aromatic rings. The molecule has 6 heteroatoms. The Morgan fingerprint density at radius 1 is 1.47 bits per heavy atom. The van der Waals surface area contributed by atoms with E-state index in [0.29, 0.717) is 11.4 Å². The van der Waals surface area contributed by atoms with Gasteiger partial charge >= 0.3 is 5.97 Å². The SMILES string of the molecule is CN(C(=O)C1CCSC1)c1ccc(N)cc1C(=O)O. The van der Waals surface area contributed by atoms with Gasteiger partial charge in [-0.1, -0.05) is 0 Å². The van der Waals surface area contributed by atoms with E-state index in [-0.39, 0.29) is 17.4 Å². The van der Waals surface area contributed by atoms with E-state index in [1.165, 1.54) is 11.0 Å². The number of rotatable bonds is 3. The molecule has 0 saturated carbocycles. The molecule has 0 radical (unpaired) electrons. The van der Waals surface area contributed by atoms with E-state index >= 15 is 0 Å². The molecular weight excluding hydrogens is 264 g/mol. The number of carbonyl (C=O) groups excluding carboxylic acids is 1. The van der Waals surface area contributed by atoms with Crippen molar-refractivity contribution < 1.29 is 14.7 Å². The number of thioether (sulfide) groups is 1. The second-order valence-corrected chi connectivity index (χ2v) is 5.69. The van der Waals surface area contributed by atoms with Gasteiger partial charge in [0, 0.05) is 24.4 Å². The van der Waals surface area contributed by atoms with Crippen LogP contribution >= 0.6 is 11.8 Å². The molecule has 0 spiro atoms. The Bertz CT molecular complexity index is 513. The fourth-order valence-electron chi connectivity index (χ4n) is 2.14. The zero-order valence-electron chi connectivity index (χ0n) is 10.6. The third-order valence-corrected chi connectivity index (χ3v) is 4.38. The normalized spacial score (nSPS) is 18.3. The quantitative estimate of drug-likeness (QED) is 0.823. The first-order valence-electron chi connectivity index (χ1n) is 5.99. The zero-order valence-corrected chi connectivity index (χ0v) is 11.4. The molecular formula is C13H16N2O3S. The summed E-state index contributed by atoms with van der Waals surface area (Å²) in [4.78, 5) is 24.9. The highest BCUT2D eigenvalue weighted by molar-refractivity contribution is 7.99. The Kier molecular flexibility index (Phi) is 3.99. The number of nitrogens with zero attached hydrogens (tertiary/aromatic N) is 1. The molecule has 2 rings (SSSR count). The second kappa shape index (κ2) is 5.52. The number of carboxylic acids is 1. The summed E-state index contributed by atoms with van der Waals surface area (Å²) >= 11 is 1.75. The van der Waals surface area contributed by atoms with E-state index in [9.17, 15) is 14.7 Å². The molecule has 19 heavy (non-hydrogen) atoms. The minimum absolute atomic E-state index is 0.0193. The van der Waals surface area contributed by atoms with Crippen LogP contribution < -0.4 is 10.6 Å². The molecule has 0 aromatic heterocycles. The second-order valence-electron chi connectivity index (χ2n) is 4.54. The highest BCUT2D eigenvalue weighted by Crippen LogP contribution is 2.29. The van der Waals surface area contributed by atoms with Crippen LogP contribution in [0.5, 0.6) is 0 Å². The first-order valence-corrected chi connectivity index (χ1v) is 7.14. The molecule has 1 heterocycles. The van der Waals surface area contributed by atoms with Gasteiger partial charge in [0.1, 0.15) is 0 Å². The van der Waals surface area contributed by atoms with Gasteiger partial charge in [0.25, 0.3) is 0 Å². The Hall–Kier alpha value is -1.69. The zero-order chi connectivity index (χ0) is 14.0. The highest BCUT2D eigenvalue weighted by Gasteiger charge is 2.28. The van der Waals surface area contributed by atoms with Crippen LogP contribution in [0.4, 0.5) is 11.4 Å². The van der Waals surface area contributed by atoms with Crippen LogP contribution in [0, 0.1) is 5.92 Å². The number of nitrogen functional groups attached to an aromatic ring is 1. The van der Waals surface area contributed by atoms with Crippen molar-refractivity contribution in [2.24, 2.45) is 5.92 Å². The third kappa shape index (κ3) is 2.84. The van der Waals surface area contributed by atoms with Crippen LogP contribution in [0.25, 0.3) is 0 Å². The topological polar surface area (TPSA) is 83.6 Å². The van der Waals surface area contributed by atoms with Gasteiger partial charge in [-0.15, -0.1) is 0 Å². The number of amides is 1. The van der Waals surface area contributed by atoms with E-state index < -0.39 is 5.97 Å². The largest absolute Gasteiger partial charge is 0.478 e. The first kappa shape index (κ1) is 13.7. The molecule has 0 bridgehead atoms. The van der Waals surface area contributed by atoms with Crippen molar-refractivity contribution in [1.82, 2.24) is 0 Å². The van der Waals surface area contributed by atoms with E-state index in [1.807, 2.05) is 0 Å². The molecule has 0 aliphatic carbocycles. The van der Waals surface area contributed by atoms with Crippen molar-refractivity contribution in [3.05, 3.63) is 23.8 Å². The smallest absolute Gasteiger partial charge is 0.337 e. The molecule has 1 aliphatic heterocycles. The minimum Gasteiger partial charge on any atom is -0.478 e. The van der Waals surface area contributed by atoms with Gasteiger partial charge in [-0.05, 0) is 30.4 Å². The van der Waals surface area contributed by atoms with Crippen LogP contribution in [0.3, 0.4) is 0 Å². The van der Waals surface area contributed by atoms with Crippen molar-refractivity contribution in [2.45, 2.75) is 6.42 Å². The average Bonchev–Trinajstić information content (AvgIpc) is 2.90. The number of anilines is 2. The van der Waals surface area contributed by atoms with Crippen molar-refractivity contribution in [1.29, 1.82) is 0 Å². The van der Waals surface area contributed by atoms with Crippen LogP contribution in [-0.4, -0.2) is 35.5 Å². The Morgan fingerprint density at radius 3 is 2.79 bits per heavy atom. The van der Waals surface area contributed by atoms with E-state index in [0.717, 1.165) is 17.9 Å². The van der Waals surface area contributed by atoms with Gasteiger partial charge in [-0.2, -0.15) is 11.8 Å². The lowest BCUT2D eigenvalue weighted by Gasteiger charge is -2.22. The Morgan fingerprint density at radius 2 is 2.21 bits per heavy atom. The maximum atomic E-state index is 12.3. The fraction of sp³-hybridized carbons (Fsp3) is 0.385. The molecule has 1 unspecified atom stereocenters. The van der Waals surface area contributed by atoms with Crippen LogP contribution in [0.2, 0.25) is 0 Å². The monoisotopic (exact) mass is 280 g/mol. The maximum Gasteiger partial charge on any atom is 0.337 e. The number of aromatic carboxylic acids is 1. The summed E-state index contributed by atoms with van der Waals surface area (Å²) in [6, 6.07) is 4.57. The van der Waals surface area contributed by atoms with E-state index in [1.54, 1.807) is 30.9 Å². The molecule has 102 valence electrons. The first-order chi connectivity index (χ1) is 9.00. The maximum absolute atomic E-state index is 12.3. The Labute approximate surface area is 115 Å². The van der Waals surface area contributed by atoms with Gasteiger partial charge in [0.15, 0.2) is 0 Å². The molecule has 1 aliphatic rings. The molecule has 1 atom stereocenters. The number of carbonyl (C=O) groups is 2. The summed E-state index contributed by atoms with van der Waals surface area (Å²) in [7, 11) is 1.61. The van der Waals surface area contributed by atoms with Crippen LogP contribution in [0.1, 0.15) is 16.8 Å². The Balaban J connectivity index is 2.29. The summed E-state index contributed by atoms with van der Waals surface area (Å²) in [5, 5.41) is 9.19. The molecule has 1 amide bonds. The lowest BCUT2D eigenvalue weighted by Crippen LogP contribution is -2.34. The van der Waals surface area contributed by atoms with Crippen molar-refractivity contribution in [3.8, 4) is 0 Å². The minimum atomic E-state index is -1.08. The number of carboxylic acid groups (broad SMARTS) is 1. The molecule has 3 N–H and O–H groups in total. The van der Waals surface area contributed by atoms with Crippen molar-refractivity contribution in [3.63, 3.8) is 0 Å². The molecule has 1 aromatic carbocycles. The predicted molar refractivity (Wildman–Crippen MR) is 76.7 cm³/mol. The standard InChI is InChI=1S/C13H16N2O3S/c1-15(12(16)8-4-5-19-7-8)11-3-2-9(14)6-10(11)13(17)18/h2-3,6,8H,4-5,7,14H2,1H3,(H,17,18). The van der Waals surface area contributed by atoms with Crippen LogP contribution in [-0.2, 0) is 4.79 Å². The number of benzene rings is 1. The predicted octanol–water partition coefficient (Wildman–Crippen LogP) is 1.68. The highest BCUT2D eigenvalue weighted by atomic mass is 32.2. The molecule has 5 nitrogen and oxygen atoms in total.